The van der Waals surface area contributed by atoms with Crippen molar-refractivity contribution in [2.75, 3.05) is 0 Å². The van der Waals surface area contributed by atoms with Crippen LogP contribution in [0.2, 0.25) is 10.0 Å². The van der Waals surface area contributed by atoms with Crippen LogP contribution in [-0.2, 0) is 6.61 Å². The summed E-state index contributed by atoms with van der Waals surface area (Å²) in [6.07, 6.45) is 0. The highest BCUT2D eigenvalue weighted by molar-refractivity contribution is 9.10. The predicted molar refractivity (Wildman–Crippen MR) is 79.7 cm³/mol. The number of hydrogen-bond acceptors (Lipinski definition) is 1. The monoisotopic (exact) mass is 344 g/mol. The van der Waals surface area contributed by atoms with E-state index in [-0.39, 0.29) is 0 Å². The van der Waals surface area contributed by atoms with Gasteiger partial charge in [0, 0.05) is 20.1 Å². The van der Waals surface area contributed by atoms with E-state index in [1.807, 2.05) is 43.3 Å². The molecule has 0 atom stereocenters. The van der Waals surface area contributed by atoms with Gasteiger partial charge >= 0.3 is 0 Å². The highest BCUT2D eigenvalue weighted by Gasteiger charge is 2.04. The molecule has 2 aromatic carbocycles. The minimum Gasteiger partial charge on any atom is -0.489 e. The zero-order chi connectivity index (χ0) is 13.1. The molecule has 1 nitrogen and oxygen atoms in total. The summed E-state index contributed by atoms with van der Waals surface area (Å²) in [5.41, 5.74) is 1.99. The molecule has 2 rings (SSSR count). The molecule has 0 aromatic heterocycles. The summed E-state index contributed by atoms with van der Waals surface area (Å²) < 4.78 is 6.69. The molecule has 0 aliphatic rings. The highest BCUT2D eigenvalue weighted by Crippen LogP contribution is 2.26. The van der Waals surface area contributed by atoms with Crippen LogP contribution < -0.4 is 4.74 Å². The van der Waals surface area contributed by atoms with Crippen molar-refractivity contribution in [2.45, 2.75) is 13.5 Å². The Bertz CT molecular complexity index is 570. The molecule has 0 N–H and O–H groups in total. The summed E-state index contributed by atoms with van der Waals surface area (Å²) in [7, 11) is 0. The van der Waals surface area contributed by atoms with Crippen molar-refractivity contribution >= 4 is 39.1 Å². The Balaban J connectivity index is 2.13. The minimum absolute atomic E-state index is 0.424. The van der Waals surface area contributed by atoms with E-state index in [0.29, 0.717) is 16.7 Å². The van der Waals surface area contributed by atoms with Gasteiger partial charge in [-0.3, -0.25) is 0 Å². The van der Waals surface area contributed by atoms with Crippen LogP contribution in [0.4, 0.5) is 0 Å². The van der Waals surface area contributed by atoms with Crippen molar-refractivity contribution in [2.24, 2.45) is 0 Å². The molecular formula is C14H11BrCl2O. The van der Waals surface area contributed by atoms with E-state index < -0.39 is 0 Å². The second-order valence-electron chi connectivity index (χ2n) is 3.93. The van der Waals surface area contributed by atoms with Crippen molar-refractivity contribution in [3.63, 3.8) is 0 Å². The van der Waals surface area contributed by atoms with E-state index in [9.17, 15) is 0 Å². The van der Waals surface area contributed by atoms with E-state index in [1.54, 1.807) is 0 Å². The minimum atomic E-state index is 0.424. The van der Waals surface area contributed by atoms with Crippen LogP contribution in [-0.4, -0.2) is 0 Å². The van der Waals surface area contributed by atoms with Crippen molar-refractivity contribution in [3.05, 3.63) is 62.0 Å². The number of benzene rings is 2. The van der Waals surface area contributed by atoms with Gasteiger partial charge in [0.15, 0.2) is 0 Å². The first-order valence-corrected chi connectivity index (χ1v) is 6.94. The first-order valence-electron chi connectivity index (χ1n) is 5.39. The number of hydrogen-bond donors (Lipinski definition) is 0. The van der Waals surface area contributed by atoms with E-state index in [4.69, 9.17) is 27.9 Å². The Morgan fingerprint density at radius 2 is 1.89 bits per heavy atom. The third-order valence-corrected chi connectivity index (χ3v) is 3.63. The maximum absolute atomic E-state index is 6.13. The van der Waals surface area contributed by atoms with Gasteiger partial charge in [-0.2, -0.15) is 0 Å². The first-order chi connectivity index (χ1) is 8.56. The van der Waals surface area contributed by atoms with Crippen molar-refractivity contribution in [1.29, 1.82) is 0 Å². The molecule has 0 radical (unpaired) electrons. The van der Waals surface area contributed by atoms with Gasteiger partial charge in [0.2, 0.25) is 0 Å². The molecule has 0 heterocycles. The molecule has 0 spiro atoms. The lowest BCUT2D eigenvalue weighted by Crippen LogP contribution is -1.97. The van der Waals surface area contributed by atoms with Crippen LogP contribution in [0.1, 0.15) is 11.1 Å². The molecular weight excluding hydrogens is 335 g/mol. The second-order valence-corrected chi connectivity index (χ2v) is 5.69. The van der Waals surface area contributed by atoms with Crippen molar-refractivity contribution in [3.8, 4) is 5.75 Å². The first kappa shape index (κ1) is 13.7. The lowest BCUT2D eigenvalue weighted by atomic mass is 10.2. The molecule has 18 heavy (non-hydrogen) atoms. The SMILES string of the molecule is Cc1ccc(Cl)cc1OCc1ccc(Br)cc1Cl. The van der Waals surface area contributed by atoms with Gasteiger partial charge in [0.05, 0.1) is 0 Å². The zero-order valence-corrected chi connectivity index (χ0v) is 12.8. The maximum atomic E-state index is 6.13. The summed E-state index contributed by atoms with van der Waals surface area (Å²) in [6, 6.07) is 11.3. The lowest BCUT2D eigenvalue weighted by molar-refractivity contribution is 0.304. The smallest absolute Gasteiger partial charge is 0.124 e. The summed E-state index contributed by atoms with van der Waals surface area (Å²) >= 11 is 15.4. The predicted octanol–water partition coefficient (Wildman–Crippen LogP) is 5.64. The number of aryl methyl sites for hydroxylation is 1. The van der Waals surface area contributed by atoms with E-state index in [1.165, 1.54) is 0 Å². The molecule has 0 saturated heterocycles. The fraction of sp³-hybridized carbons (Fsp3) is 0.143. The van der Waals surface area contributed by atoms with Crippen molar-refractivity contribution < 1.29 is 4.74 Å². The normalized spacial score (nSPS) is 10.4. The van der Waals surface area contributed by atoms with E-state index in [2.05, 4.69) is 15.9 Å². The second kappa shape index (κ2) is 5.96. The Morgan fingerprint density at radius 1 is 1.11 bits per heavy atom. The van der Waals surface area contributed by atoms with Crippen LogP contribution in [0.15, 0.2) is 40.9 Å². The van der Waals surface area contributed by atoms with Gasteiger partial charge in [0.1, 0.15) is 12.4 Å². The standard InChI is InChI=1S/C14H11BrCl2O/c1-9-2-5-12(16)7-14(9)18-8-10-3-4-11(15)6-13(10)17/h2-7H,8H2,1H3. The Hall–Kier alpha value is -0.700. The van der Waals surface area contributed by atoms with Gasteiger partial charge in [-0.15, -0.1) is 0 Å². The number of halogens is 3. The lowest BCUT2D eigenvalue weighted by Gasteiger charge is -2.10. The largest absolute Gasteiger partial charge is 0.489 e. The zero-order valence-electron chi connectivity index (χ0n) is 9.71. The molecule has 0 unspecified atom stereocenters. The summed E-state index contributed by atoms with van der Waals surface area (Å²) in [5.74, 6) is 0.779. The Labute approximate surface area is 125 Å². The number of ether oxygens (including phenoxy) is 1. The molecule has 4 heteroatoms. The molecule has 94 valence electrons. The third-order valence-electron chi connectivity index (χ3n) is 2.55. The molecule has 0 aliphatic carbocycles. The topological polar surface area (TPSA) is 9.23 Å². The molecule has 0 amide bonds. The summed E-state index contributed by atoms with van der Waals surface area (Å²) in [5, 5.41) is 1.35. The van der Waals surface area contributed by atoms with Gasteiger partial charge < -0.3 is 4.74 Å². The van der Waals surface area contributed by atoms with Crippen LogP contribution in [0.25, 0.3) is 0 Å². The quantitative estimate of drug-likeness (QED) is 0.699. The summed E-state index contributed by atoms with van der Waals surface area (Å²) in [6.45, 7) is 2.40. The third kappa shape index (κ3) is 3.41. The number of rotatable bonds is 3. The average Bonchev–Trinajstić information content (AvgIpc) is 2.32. The summed E-state index contributed by atoms with van der Waals surface area (Å²) in [4.78, 5) is 0. The maximum Gasteiger partial charge on any atom is 0.124 e. The average molecular weight is 346 g/mol. The molecule has 0 fully saturated rings. The molecule has 2 aromatic rings. The fourth-order valence-corrected chi connectivity index (χ4v) is 2.41. The molecule has 0 aliphatic heterocycles. The van der Waals surface area contributed by atoms with Gasteiger partial charge in [0.25, 0.3) is 0 Å². The van der Waals surface area contributed by atoms with Crippen LogP contribution in [0.5, 0.6) is 5.75 Å². The van der Waals surface area contributed by atoms with E-state index >= 15 is 0 Å². The Morgan fingerprint density at radius 3 is 2.61 bits per heavy atom. The van der Waals surface area contributed by atoms with Gasteiger partial charge in [-0.1, -0.05) is 51.3 Å². The van der Waals surface area contributed by atoms with Crippen LogP contribution >= 0.6 is 39.1 Å². The fourth-order valence-electron chi connectivity index (χ4n) is 1.52. The Kier molecular flexibility index (Phi) is 4.55. The van der Waals surface area contributed by atoms with Crippen LogP contribution in [0.3, 0.4) is 0 Å². The molecule has 0 saturated carbocycles. The van der Waals surface area contributed by atoms with Gasteiger partial charge in [-0.05, 0) is 36.8 Å². The van der Waals surface area contributed by atoms with Crippen molar-refractivity contribution in [1.82, 2.24) is 0 Å². The van der Waals surface area contributed by atoms with Crippen LogP contribution in [0, 0.1) is 6.92 Å². The van der Waals surface area contributed by atoms with E-state index in [0.717, 1.165) is 21.3 Å². The highest BCUT2D eigenvalue weighted by atomic mass is 79.9. The van der Waals surface area contributed by atoms with Gasteiger partial charge in [-0.25, -0.2) is 0 Å². The molecule has 0 bridgehead atoms.